The van der Waals surface area contributed by atoms with Crippen LogP contribution in [0.5, 0.6) is 0 Å². The third-order valence-electron chi connectivity index (χ3n) is 4.51. The number of thioether (sulfide) groups is 1. The van der Waals surface area contributed by atoms with Gasteiger partial charge in [-0.15, -0.1) is 21.5 Å². The molecule has 4 rings (SSSR count). The number of carbonyl (C=O) groups excluding carboxylic acids is 1. The molecule has 0 saturated carbocycles. The predicted octanol–water partition coefficient (Wildman–Crippen LogP) is 2.46. The molecular formula is C15H19N5OS2. The molecule has 0 unspecified atom stereocenters. The number of thiophene rings is 1. The first kappa shape index (κ1) is 15.1. The molecule has 23 heavy (non-hydrogen) atoms. The molecule has 2 aromatic rings. The fourth-order valence-corrected chi connectivity index (χ4v) is 5.54. The van der Waals surface area contributed by atoms with Gasteiger partial charge >= 0.3 is 0 Å². The number of carbonyl (C=O) groups is 1. The maximum absolute atomic E-state index is 13.1. The quantitative estimate of drug-likeness (QED) is 0.843. The summed E-state index contributed by atoms with van der Waals surface area (Å²) in [6.07, 6.45) is 6.02. The fraction of sp³-hybridized carbons (Fsp3) is 0.600. The Kier molecular flexibility index (Phi) is 4.35. The number of amides is 1. The molecule has 0 spiro atoms. The third kappa shape index (κ3) is 3.01. The van der Waals surface area contributed by atoms with Crippen LogP contribution in [0.15, 0.2) is 6.07 Å². The molecule has 1 aliphatic carbocycles. The smallest absolute Gasteiger partial charge is 0.264 e. The van der Waals surface area contributed by atoms with E-state index < -0.39 is 0 Å². The zero-order valence-corrected chi connectivity index (χ0v) is 14.5. The summed E-state index contributed by atoms with van der Waals surface area (Å²) in [6, 6.07) is 2.05. The normalized spacial score (nSPS) is 21.7. The van der Waals surface area contributed by atoms with Crippen LogP contribution in [-0.2, 0) is 12.8 Å². The molecule has 1 atom stereocenters. The maximum Gasteiger partial charge on any atom is 0.264 e. The molecule has 3 heterocycles. The molecule has 0 aromatic carbocycles. The minimum absolute atomic E-state index is 0.0816. The molecule has 122 valence electrons. The molecule has 0 bridgehead atoms. The van der Waals surface area contributed by atoms with E-state index in [1.165, 1.54) is 29.7 Å². The highest BCUT2D eigenvalue weighted by Gasteiger charge is 2.33. The van der Waals surface area contributed by atoms with Crippen molar-refractivity contribution in [2.45, 2.75) is 38.1 Å². The van der Waals surface area contributed by atoms with Crippen molar-refractivity contribution in [2.24, 2.45) is 0 Å². The molecule has 1 amide bonds. The molecular weight excluding hydrogens is 330 g/mol. The van der Waals surface area contributed by atoms with Crippen LogP contribution in [0.1, 0.15) is 51.2 Å². The lowest BCUT2D eigenvalue weighted by Crippen LogP contribution is -2.41. The highest BCUT2D eigenvalue weighted by atomic mass is 32.2. The van der Waals surface area contributed by atoms with Crippen LogP contribution in [0.4, 0.5) is 0 Å². The van der Waals surface area contributed by atoms with Crippen molar-refractivity contribution in [1.29, 1.82) is 0 Å². The number of nitrogens with zero attached hydrogens (tertiary/aromatic N) is 4. The summed E-state index contributed by atoms with van der Waals surface area (Å²) in [7, 11) is 0. The van der Waals surface area contributed by atoms with E-state index in [9.17, 15) is 4.79 Å². The van der Waals surface area contributed by atoms with Crippen LogP contribution < -0.4 is 0 Å². The first-order valence-corrected chi connectivity index (χ1v) is 10.0. The van der Waals surface area contributed by atoms with Gasteiger partial charge < -0.3 is 4.90 Å². The van der Waals surface area contributed by atoms with Gasteiger partial charge in [-0.1, -0.05) is 11.6 Å². The van der Waals surface area contributed by atoms with E-state index in [-0.39, 0.29) is 11.9 Å². The second-order valence-electron chi connectivity index (χ2n) is 5.98. The van der Waals surface area contributed by atoms with Crippen LogP contribution >= 0.6 is 23.1 Å². The lowest BCUT2D eigenvalue weighted by Gasteiger charge is -2.33. The van der Waals surface area contributed by atoms with E-state index in [1.807, 2.05) is 16.7 Å². The second-order valence-corrected chi connectivity index (χ2v) is 8.27. The van der Waals surface area contributed by atoms with Crippen molar-refractivity contribution in [3.8, 4) is 0 Å². The van der Waals surface area contributed by atoms with Crippen LogP contribution in [-0.4, -0.2) is 49.5 Å². The number of rotatable bonds is 2. The van der Waals surface area contributed by atoms with Gasteiger partial charge in [-0.25, -0.2) is 0 Å². The standard InChI is InChI=1S/C15H19N5OS2/c21-15(13-8-10-4-2-1-3-5-12(10)23-13)20-6-7-22-9-11(20)14-16-18-19-17-14/h8,11H,1-7,9H2,(H,16,17,18,19)/t11-/m0/s1. The summed E-state index contributed by atoms with van der Waals surface area (Å²) in [5, 5.41) is 14.3. The summed E-state index contributed by atoms with van der Waals surface area (Å²) in [5.41, 5.74) is 1.39. The molecule has 8 heteroatoms. The molecule has 1 N–H and O–H groups in total. The third-order valence-corrected chi connectivity index (χ3v) is 6.75. The Morgan fingerprint density at radius 3 is 3.09 bits per heavy atom. The van der Waals surface area contributed by atoms with Gasteiger partial charge in [0.2, 0.25) is 0 Å². The van der Waals surface area contributed by atoms with Gasteiger partial charge in [0, 0.05) is 22.9 Å². The van der Waals surface area contributed by atoms with Gasteiger partial charge in [0.15, 0.2) is 5.82 Å². The van der Waals surface area contributed by atoms with Crippen molar-refractivity contribution in [2.75, 3.05) is 18.1 Å². The van der Waals surface area contributed by atoms with Crippen molar-refractivity contribution in [3.63, 3.8) is 0 Å². The average molecular weight is 349 g/mol. The number of aromatic amines is 1. The molecule has 2 aliphatic rings. The van der Waals surface area contributed by atoms with Crippen LogP contribution in [0.25, 0.3) is 0 Å². The van der Waals surface area contributed by atoms with Gasteiger partial charge in [-0.05, 0) is 37.3 Å². The fourth-order valence-electron chi connectivity index (χ4n) is 3.29. The van der Waals surface area contributed by atoms with Crippen molar-refractivity contribution >= 4 is 29.0 Å². The lowest BCUT2D eigenvalue weighted by atomic mass is 10.1. The Morgan fingerprint density at radius 2 is 2.22 bits per heavy atom. The van der Waals surface area contributed by atoms with Crippen LogP contribution in [0.2, 0.25) is 0 Å². The molecule has 1 aliphatic heterocycles. The largest absolute Gasteiger partial charge is 0.326 e. The van der Waals surface area contributed by atoms with Crippen LogP contribution in [0, 0.1) is 0 Å². The number of aromatic nitrogens is 4. The zero-order chi connectivity index (χ0) is 15.6. The van der Waals surface area contributed by atoms with Gasteiger partial charge in [0.25, 0.3) is 5.91 Å². The Morgan fingerprint density at radius 1 is 1.30 bits per heavy atom. The summed E-state index contributed by atoms with van der Waals surface area (Å²) in [5.74, 6) is 2.53. The number of H-pyrrole nitrogens is 1. The first-order valence-electron chi connectivity index (χ1n) is 8.06. The van der Waals surface area contributed by atoms with E-state index in [0.717, 1.165) is 35.8 Å². The number of nitrogens with one attached hydrogen (secondary N) is 1. The first-order chi connectivity index (χ1) is 11.3. The molecule has 6 nitrogen and oxygen atoms in total. The van der Waals surface area contributed by atoms with E-state index >= 15 is 0 Å². The molecule has 2 aromatic heterocycles. The minimum Gasteiger partial charge on any atom is -0.326 e. The monoisotopic (exact) mass is 349 g/mol. The Labute approximate surface area is 143 Å². The topological polar surface area (TPSA) is 74.8 Å². The van der Waals surface area contributed by atoms with Gasteiger partial charge in [0.05, 0.1) is 4.88 Å². The van der Waals surface area contributed by atoms with E-state index in [0.29, 0.717) is 5.82 Å². The predicted molar refractivity (Wildman–Crippen MR) is 90.9 cm³/mol. The summed E-state index contributed by atoms with van der Waals surface area (Å²) >= 11 is 3.52. The number of hydrogen-bond donors (Lipinski definition) is 1. The second kappa shape index (κ2) is 6.60. The summed E-state index contributed by atoms with van der Waals surface area (Å²) < 4.78 is 0. The van der Waals surface area contributed by atoms with Crippen molar-refractivity contribution in [1.82, 2.24) is 25.5 Å². The summed E-state index contributed by atoms with van der Waals surface area (Å²) in [4.78, 5) is 17.3. The van der Waals surface area contributed by atoms with Crippen LogP contribution in [0.3, 0.4) is 0 Å². The Hall–Kier alpha value is -1.41. The summed E-state index contributed by atoms with van der Waals surface area (Å²) in [6.45, 7) is 0.741. The highest BCUT2D eigenvalue weighted by molar-refractivity contribution is 7.99. The Bertz CT molecular complexity index is 661. The van der Waals surface area contributed by atoms with Gasteiger partial charge in [-0.2, -0.15) is 17.0 Å². The number of fused-ring (bicyclic) bond motifs is 1. The lowest BCUT2D eigenvalue weighted by molar-refractivity contribution is 0.0699. The molecule has 1 fully saturated rings. The zero-order valence-electron chi connectivity index (χ0n) is 12.8. The highest BCUT2D eigenvalue weighted by Crippen LogP contribution is 2.33. The van der Waals surface area contributed by atoms with Gasteiger partial charge in [-0.3, -0.25) is 4.79 Å². The SMILES string of the molecule is O=C(c1cc2c(s1)CCCCC2)N1CCSC[C@H]1c1nn[nH]n1. The number of tetrazole rings is 1. The number of hydrogen-bond acceptors (Lipinski definition) is 6. The van der Waals surface area contributed by atoms with E-state index in [1.54, 1.807) is 11.3 Å². The molecule has 0 radical (unpaired) electrons. The van der Waals surface area contributed by atoms with E-state index in [2.05, 4.69) is 26.7 Å². The van der Waals surface area contributed by atoms with Crippen molar-refractivity contribution < 1.29 is 4.79 Å². The van der Waals surface area contributed by atoms with Gasteiger partial charge in [0.1, 0.15) is 6.04 Å². The Balaban J connectivity index is 1.59. The minimum atomic E-state index is -0.0816. The molecule has 1 saturated heterocycles. The van der Waals surface area contributed by atoms with E-state index in [4.69, 9.17) is 0 Å². The average Bonchev–Trinajstić information content (AvgIpc) is 3.20. The van der Waals surface area contributed by atoms with Crippen molar-refractivity contribution in [3.05, 3.63) is 27.2 Å². The maximum atomic E-state index is 13.1. The number of aryl methyl sites for hydroxylation is 2.